The SMILES string of the molecule is Cc1ccc(CNC(C)CC2CCCCCN2)cn1. The van der Waals surface area contributed by atoms with Crippen LogP contribution in [0.4, 0.5) is 0 Å². The van der Waals surface area contributed by atoms with Gasteiger partial charge in [0, 0.05) is 30.5 Å². The van der Waals surface area contributed by atoms with Gasteiger partial charge in [0.25, 0.3) is 0 Å². The molecule has 2 atom stereocenters. The van der Waals surface area contributed by atoms with Gasteiger partial charge in [0.05, 0.1) is 0 Å². The topological polar surface area (TPSA) is 37.0 Å². The van der Waals surface area contributed by atoms with E-state index < -0.39 is 0 Å². The molecule has 3 nitrogen and oxygen atoms in total. The molecule has 2 heterocycles. The summed E-state index contributed by atoms with van der Waals surface area (Å²) in [4.78, 5) is 4.33. The molecule has 0 aliphatic carbocycles. The minimum atomic E-state index is 0.553. The molecular weight excluding hydrogens is 234 g/mol. The van der Waals surface area contributed by atoms with Gasteiger partial charge in [-0.2, -0.15) is 0 Å². The van der Waals surface area contributed by atoms with Crippen LogP contribution >= 0.6 is 0 Å². The predicted molar refractivity (Wildman–Crippen MR) is 80.2 cm³/mol. The maximum atomic E-state index is 4.33. The van der Waals surface area contributed by atoms with Crippen molar-refractivity contribution in [2.24, 2.45) is 0 Å². The highest BCUT2D eigenvalue weighted by Gasteiger charge is 2.14. The Hall–Kier alpha value is -0.930. The van der Waals surface area contributed by atoms with E-state index in [4.69, 9.17) is 0 Å². The summed E-state index contributed by atoms with van der Waals surface area (Å²) in [6.45, 7) is 6.42. The summed E-state index contributed by atoms with van der Waals surface area (Å²) in [6.07, 6.45) is 8.64. The zero-order valence-electron chi connectivity index (χ0n) is 12.3. The van der Waals surface area contributed by atoms with Crippen molar-refractivity contribution >= 4 is 0 Å². The molecule has 1 aliphatic heterocycles. The molecule has 0 saturated carbocycles. The van der Waals surface area contributed by atoms with E-state index in [9.17, 15) is 0 Å². The first-order valence-corrected chi connectivity index (χ1v) is 7.62. The van der Waals surface area contributed by atoms with E-state index in [1.807, 2.05) is 13.1 Å². The lowest BCUT2D eigenvalue weighted by molar-refractivity contribution is 0.402. The maximum absolute atomic E-state index is 4.33. The third-order valence-electron chi connectivity index (χ3n) is 3.93. The van der Waals surface area contributed by atoms with Crippen molar-refractivity contribution in [2.75, 3.05) is 6.54 Å². The van der Waals surface area contributed by atoms with Crippen LogP contribution in [0.2, 0.25) is 0 Å². The number of aryl methyl sites for hydroxylation is 1. The first-order chi connectivity index (χ1) is 9.24. The molecule has 106 valence electrons. The van der Waals surface area contributed by atoms with Crippen molar-refractivity contribution in [3.8, 4) is 0 Å². The van der Waals surface area contributed by atoms with Crippen LogP contribution in [0.25, 0.3) is 0 Å². The highest BCUT2D eigenvalue weighted by molar-refractivity contribution is 5.12. The Bertz CT molecular complexity index is 353. The molecule has 1 aliphatic rings. The molecule has 0 radical (unpaired) electrons. The lowest BCUT2D eigenvalue weighted by Gasteiger charge is -2.21. The third kappa shape index (κ3) is 5.29. The number of nitrogens with one attached hydrogen (secondary N) is 2. The molecular formula is C16H27N3. The highest BCUT2D eigenvalue weighted by atomic mass is 14.9. The van der Waals surface area contributed by atoms with Crippen molar-refractivity contribution < 1.29 is 0 Å². The largest absolute Gasteiger partial charge is 0.314 e. The fourth-order valence-electron chi connectivity index (χ4n) is 2.71. The van der Waals surface area contributed by atoms with Crippen molar-refractivity contribution in [1.82, 2.24) is 15.6 Å². The molecule has 2 unspecified atom stereocenters. The zero-order chi connectivity index (χ0) is 13.5. The van der Waals surface area contributed by atoms with Crippen LogP contribution in [0.5, 0.6) is 0 Å². The van der Waals surface area contributed by atoms with E-state index >= 15 is 0 Å². The van der Waals surface area contributed by atoms with Gasteiger partial charge in [-0.3, -0.25) is 4.98 Å². The Balaban J connectivity index is 1.71. The molecule has 1 fully saturated rings. The van der Waals surface area contributed by atoms with Crippen LogP contribution in [0.15, 0.2) is 18.3 Å². The van der Waals surface area contributed by atoms with E-state index in [2.05, 4.69) is 34.7 Å². The number of hydrogen-bond acceptors (Lipinski definition) is 3. The lowest BCUT2D eigenvalue weighted by Crippen LogP contribution is -2.36. The van der Waals surface area contributed by atoms with Gasteiger partial charge in [0.15, 0.2) is 0 Å². The van der Waals surface area contributed by atoms with Gasteiger partial charge in [-0.1, -0.05) is 18.9 Å². The van der Waals surface area contributed by atoms with Crippen LogP contribution < -0.4 is 10.6 Å². The summed E-state index contributed by atoms with van der Waals surface area (Å²) in [5.74, 6) is 0. The molecule has 0 aromatic carbocycles. The summed E-state index contributed by atoms with van der Waals surface area (Å²) >= 11 is 0. The average Bonchev–Trinajstić information content (AvgIpc) is 2.67. The molecule has 2 N–H and O–H groups in total. The van der Waals surface area contributed by atoms with Crippen LogP contribution in [0.3, 0.4) is 0 Å². The van der Waals surface area contributed by atoms with E-state index in [0.29, 0.717) is 12.1 Å². The molecule has 0 amide bonds. The standard InChI is InChI=1S/C16H27N3/c1-13-7-8-15(11-18-13)12-19-14(2)10-16-6-4-3-5-9-17-16/h7-8,11,14,16-17,19H,3-6,9-10,12H2,1-2H3. The Kier molecular flexibility index (Phi) is 5.80. The number of hydrogen-bond donors (Lipinski definition) is 2. The van der Waals surface area contributed by atoms with Gasteiger partial charge >= 0.3 is 0 Å². The summed E-state index contributed by atoms with van der Waals surface area (Å²) < 4.78 is 0. The molecule has 1 aromatic heterocycles. The van der Waals surface area contributed by atoms with E-state index in [1.54, 1.807) is 0 Å². The van der Waals surface area contributed by atoms with Crippen LogP contribution in [0.1, 0.15) is 50.3 Å². The van der Waals surface area contributed by atoms with Crippen molar-refractivity contribution in [2.45, 2.75) is 64.6 Å². The monoisotopic (exact) mass is 261 g/mol. The van der Waals surface area contributed by atoms with Gasteiger partial charge in [-0.05, 0) is 51.3 Å². The zero-order valence-corrected chi connectivity index (χ0v) is 12.3. The predicted octanol–water partition coefficient (Wildman–Crippen LogP) is 2.79. The van der Waals surface area contributed by atoms with Crippen molar-refractivity contribution in [1.29, 1.82) is 0 Å². The number of rotatable bonds is 5. The normalized spacial score (nSPS) is 21.9. The molecule has 1 aromatic rings. The first kappa shape index (κ1) is 14.5. The summed E-state index contributed by atoms with van der Waals surface area (Å²) in [5, 5.41) is 7.27. The first-order valence-electron chi connectivity index (χ1n) is 7.62. The summed E-state index contributed by atoms with van der Waals surface area (Å²) in [5.41, 5.74) is 2.35. The molecule has 2 rings (SSSR count). The lowest BCUT2D eigenvalue weighted by atomic mass is 10.0. The quantitative estimate of drug-likeness (QED) is 0.856. The molecule has 19 heavy (non-hydrogen) atoms. The minimum absolute atomic E-state index is 0.553. The maximum Gasteiger partial charge on any atom is 0.0372 e. The number of nitrogens with zero attached hydrogens (tertiary/aromatic N) is 1. The van der Waals surface area contributed by atoms with Gasteiger partial charge in [-0.15, -0.1) is 0 Å². The third-order valence-corrected chi connectivity index (χ3v) is 3.93. The molecule has 3 heteroatoms. The smallest absolute Gasteiger partial charge is 0.0372 e. The van der Waals surface area contributed by atoms with Crippen molar-refractivity contribution in [3.05, 3.63) is 29.6 Å². The second kappa shape index (κ2) is 7.61. The van der Waals surface area contributed by atoms with Gasteiger partial charge in [-0.25, -0.2) is 0 Å². The van der Waals surface area contributed by atoms with Gasteiger partial charge in [0.2, 0.25) is 0 Å². The highest BCUT2D eigenvalue weighted by Crippen LogP contribution is 2.12. The Morgan fingerprint density at radius 3 is 3.05 bits per heavy atom. The van der Waals surface area contributed by atoms with Crippen LogP contribution in [-0.2, 0) is 6.54 Å². The molecule has 0 bridgehead atoms. The average molecular weight is 261 g/mol. The Labute approximate surface area is 117 Å². The van der Waals surface area contributed by atoms with Crippen molar-refractivity contribution in [3.63, 3.8) is 0 Å². The van der Waals surface area contributed by atoms with Crippen LogP contribution in [-0.4, -0.2) is 23.6 Å². The molecule has 0 spiro atoms. The second-order valence-electron chi connectivity index (χ2n) is 5.83. The van der Waals surface area contributed by atoms with E-state index in [-0.39, 0.29) is 0 Å². The fourth-order valence-corrected chi connectivity index (χ4v) is 2.71. The fraction of sp³-hybridized carbons (Fsp3) is 0.688. The number of pyridine rings is 1. The minimum Gasteiger partial charge on any atom is -0.314 e. The summed E-state index contributed by atoms with van der Waals surface area (Å²) in [6, 6.07) is 5.48. The van der Waals surface area contributed by atoms with Gasteiger partial charge in [0.1, 0.15) is 0 Å². The Morgan fingerprint density at radius 1 is 1.37 bits per heavy atom. The van der Waals surface area contributed by atoms with E-state index in [1.165, 1.54) is 44.2 Å². The molecule has 1 saturated heterocycles. The second-order valence-corrected chi connectivity index (χ2v) is 5.83. The van der Waals surface area contributed by atoms with Gasteiger partial charge < -0.3 is 10.6 Å². The van der Waals surface area contributed by atoms with Crippen LogP contribution in [0, 0.1) is 6.92 Å². The van der Waals surface area contributed by atoms with E-state index in [0.717, 1.165) is 12.2 Å². The number of aromatic nitrogens is 1. The Morgan fingerprint density at radius 2 is 2.26 bits per heavy atom. The summed E-state index contributed by atoms with van der Waals surface area (Å²) in [7, 11) is 0.